The van der Waals surface area contributed by atoms with E-state index in [4.69, 9.17) is 11.6 Å². The molecule has 0 saturated heterocycles. The Labute approximate surface area is 94.1 Å². The highest BCUT2D eigenvalue weighted by atomic mass is 35.5. The second kappa shape index (κ2) is 5.51. The monoisotopic (exact) mass is 224 g/mol. The molecule has 0 aliphatic rings. The number of carbonyl (C=O) groups excluding carboxylic acids is 1. The summed E-state index contributed by atoms with van der Waals surface area (Å²) in [5.41, 5.74) is 3.91. The van der Waals surface area contributed by atoms with Crippen molar-refractivity contribution in [3.05, 3.63) is 34.9 Å². The van der Waals surface area contributed by atoms with Crippen LogP contribution in [0.2, 0.25) is 5.02 Å². The summed E-state index contributed by atoms with van der Waals surface area (Å²) in [7, 11) is 0. The van der Waals surface area contributed by atoms with Gasteiger partial charge in [0.1, 0.15) is 0 Å². The number of hydrazone groups is 1. The van der Waals surface area contributed by atoms with Crippen LogP contribution in [0, 0.1) is 0 Å². The van der Waals surface area contributed by atoms with Gasteiger partial charge in [-0.1, -0.05) is 18.5 Å². The molecule has 80 valence electrons. The first-order valence-corrected chi connectivity index (χ1v) is 5.10. The third-order valence-electron chi connectivity index (χ3n) is 1.97. The molecule has 0 bridgehead atoms. The first kappa shape index (κ1) is 11.7. The Morgan fingerprint density at radius 1 is 1.40 bits per heavy atom. The van der Waals surface area contributed by atoms with E-state index in [-0.39, 0.29) is 5.91 Å². The zero-order valence-corrected chi connectivity index (χ0v) is 9.51. The first-order valence-electron chi connectivity index (χ1n) is 4.72. The van der Waals surface area contributed by atoms with E-state index >= 15 is 0 Å². The van der Waals surface area contributed by atoms with Gasteiger partial charge in [0.2, 0.25) is 0 Å². The minimum atomic E-state index is -0.223. The molecule has 0 saturated carbocycles. The molecule has 1 N–H and O–H groups in total. The van der Waals surface area contributed by atoms with Crippen molar-refractivity contribution in [2.45, 2.75) is 20.3 Å². The lowest BCUT2D eigenvalue weighted by Gasteiger charge is -2.01. The first-order chi connectivity index (χ1) is 7.13. The van der Waals surface area contributed by atoms with Gasteiger partial charge in [0.05, 0.1) is 0 Å². The number of halogens is 1. The van der Waals surface area contributed by atoms with Crippen LogP contribution in [0.4, 0.5) is 0 Å². The second-order valence-electron chi connectivity index (χ2n) is 3.15. The van der Waals surface area contributed by atoms with E-state index < -0.39 is 0 Å². The molecular formula is C11H13ClN2O. The zero-order valence-electron chi connectivity index (χ0n) is 8.75. The lowest BCUT2D eigenvalue weighted by atomic mass is 10.2. The van der Waals surface area contributed by atoms with E-state index in [2.05, 4.69) is 10.5 Å². The molecule has 0 heterocycles. The standard InChI is InChI=1S/C11H13ClN2O/c1-3-8(2)13-14-11(15)9-4-6-10(12)7-5-9/h4-7H,3H2,1-2H3,(H,14,15)/b13-8+. The highest BCUT2D eigenvalue weighted by Gasteiger charge is 2.03. The molecule has 4 heteroatoms. The zero-order chi connectivity index (χ0) is 11.3. The number of carbonyl (C=O) groups is 1. The molecule has 1 aromatic carbocycles. The highest BCUT2D eigenvalue weighted by molar-refractivity contribution is 6.30. The molecule has 3 nitrogen and oxygen atoms in total. The summed E-state index contributed by atoms with van der Waals surface area (Å²) in [6.07, 6.45) is 0.820. The molecule has 0 radical (unpaired) electrons. The minimum absolute atomic E-state index is 0.223. The number of hydrogen-bond donors (Lipinski definition) is 1. The third-order valence-corrected chi connectivity index (χ3v) is 2.22. The number of benzene rings is 1. The summed E-state index contributed by atoms with van der Waals surface area (Å²) >= 11 is 5.71. The minimum Gasteiger partial charge on any atom is -0.267 e. The summed E-state index contributed by atoms with van der Waals surface area (Å²) in [5, 5.41) is 4.54. The van der Waals surface area contributed by atoms with Gasteiger partial charge in [0.15, 0.2) is 0 Å². The van der Waals surface area contributed by atoms with Crippen LogP contribution in [-0.2, 0) is 0 Å². The van der Waals surface area contributed by atoms with Crippen LogP contribution >= 0.6 is 11.6 Å². The fraction of sp³-hybridized carbons (Fsp3) is 0.273. The van der Waals surface area contributed by atoms with E-state index in [0.717, 1.165) is 12.1 Å². The number of amides is 1. The van der Waals surface area contributed by atoms with Gasteiger partial charge >= 0.3 is 0 Å². The second-order valence-corrected chi connectivity index (χ2v) is 3.58. The molecule has 0 unspecified atom stereocenters. The van der Waals surface area contributed by atoms with Crippen molar-refractivity contribution in [2.24, 2.45) is 5.10 Å². The Bertz CT molecular complexity index is 371. The molecule has 0 aliphatic heterocycles. The Balaban J connectivity index is 2.66. The number of rotatable bonds is 3. The van der Waals surface area contributed by atoms with Crippen molar-refractivity contribution in [1.29, 1.82) is 0 Å². The van der Waals surface area contributed by atoms with Crippen LogP contribution in [0.3, 0.4) is 0 Å². The lowest BCUT2D eigenvalue weighted by Crippen LogP contribution is -2.18. The van der Waals surface area contributed by atoms with Crippen LogP contribution in [-0.4, -0.2) is 11.6 Å². The highest BCUT2D eigenvalue weighted by Crippen LogP contribution is 2.09. The molecular weight excluding hydrogens is 212 g/mol. The van der Waals surface area contributed by atoms with Crippen molar-refractivity contribution in [3.8, 4) is 0 Å². The fourth-order valence-electron chi connectivity index (χ4n) is 0.891. The summed E-state index contributed by atoms with van der Waals surface area (Å²) in [6.45, 7) is 3.84. The largest absolute Gasteiger partial charge is 0.271 e. The lowest BCUT2D eigenvalue weighted by molar-refractivity contribution is 0.0954. The van der Waals surface area contributed by atoms with Gasteiger partial charge in [-0.05, 0) is 37.6 Å². The van der Waals surface area contributed by atoms with Crippen LogP contribution in [0.1, 0.15) is 30.6 Å². The van der Waals surface area contributed by atoms with Gasteiger partial charge < -0.3 is 0 Å². The molecule has 0 fully saturated rings. The molecule has 1 amide bonds. The van der Waals surface area contributed by atoms with E-state index in [0.29, 0.717) is 10.6 Å². The summed E-state index contributed by atoms with van der Waals surface area (Å²) in [6, 6.07) is 6.67. The normalized spacial score (nSPS) is 11.3. The van der Waals surface area contributed by atoms with Crippen molar-refractivity contribution >= 4 is 23.2 Å². The van der Waals surface area contributed by atoms with E-state index in [1.807, 2.05) is 13.8 Å². The molecule has 15 heavy (non-hydrogen) atoms. The molecule has 0 spiro atoms. The van der Waals surface area contributed by atoms with Gasteiger partial charge in [-0.3, -0.25) is 4.79 Å². The van der Waals surface area contributed by atoms with Crippen LogP contribution in [0.5, 0.6) is 0 Å². The maximum atomic E-state index is 11.5. The van der Waals surface area contributed by atoms with Gasteiger partial charge in [0.25, 0.3) is 5.91 Å². The summed E-state index contributed by atoms with van der Waals surface area (Å²) < 4.78 is 0. The number of nitrogens with zero attached hydrogens (tertiary/aromatic N) is 1. The average molecular weight is 225 g/mol. The molecule has 1 rings (SSSR count). The third kappa shape index (κ3) is 3.72. The van der Waals surface area contributed by atoms with Gasteiger partial charge in [-0.15, -0.1) is 0 Å². The van der Waals surface area contributed by atoms with Crippen LogP contribution < -0.4 is 5.43 Å². The Kier molecular flexibility index (Phi) is 4.31. The molecule has 0 aliphatic carbocycles. The summed E-state index contributed by atoms with van der Waals surface area (Å²) in [4.78, 5) is 11.5. The maximum Gasteiger partial charge on any atom is 0.271 e. The van der Waals surface area contributed by atoms with Crippen molar-refractivity contribution in [1.82, 2.24) is 5.43 Å². The van der Waals surface area contributed by atoms with Gasteiger partial charge in [-0.25, -0.2) is 5.43 Å². The van der Waals surface area contributed by atoms with Crippen LogP contribution in [0.15, 0.2) is 29.4 Å². The maximum absolute atomic E-state index is 11.5. The molecule has 0 atom stereocenters. The predicted molar refractivity (Wildman–Crippen MR) is 62.3 cm³/mol. The quantitative estimate of drug-likeness (QED) is 0.623. The fourth-order valence-corrected chi connectivity index (χ4v) is 1.02. The van der Waals surface area contributed by atoms with Crippen molar-refractivity contribution in [2.75, 3.05) is 0 Å². The molecule has 0 aromatic heterocycles. The topological polar surface area (TPSA) is 41.5 Å². The number of nitrogens with one attached hydrogen (secondary N) is 1. The van der Waals surface area contributed by atoms with Crippen molar-refractivity contribution < 1.29 is 4.79 Å². The molecule has 1 aromatic rings. The smallest absolute Gasteiger partial charge is 0.267 e. The predicted octanol–water partition coefficient (Wildman–Crippen LogP) is 2.86. The Hall–Kier alpha value is -1.35. The van der Waals surface area contributed by atoms with Crippen LogP contribution in [0.25, 0.3) is 0 Å². The Morgan fingerprint density at radius 3 is 2.53 bits per heavy atom. The number of hydrogen-bond acceptors (Lipinski definition) is 2. The van der Waals surface area contributed by atoms with Gasteiger partial charge in [0, 0.05) is 16.3 Å². The summed E-state index contributed by atoms with van der Waals surface area (Å²) in [5.74, 6) is -0.223. The van der Waals surface area contributed by atoms with E-state index in [1.165, 1.54) is 0 Å². The Morgan fingerprint density at radius 2 is 2.00 bits per heavy atom. The average Bonchev–Trinajstić information content (AvgIpc) is 2.26. The van der Waals surface area contributed by atoms with Gasteiger partial charge in [-0.2, -0.15) is 5.10 Å². The van der Waals surface area contributed by atoms with Crippen molar-refractivity contribution in [3.63, 3.8) is 0 Å². The van der Waals surface area contributed by atoms with E-state index in [9.17, 15) is 4.79 Å². The van der Waals surface area contributed by atoms with E-state index in [1.54, 1.807) is 24.3 Å². The SMILES string of the molecule is CC/C(C)=N/NC(=O)c1ccc(Cl)cc1.